The number of aliphatic hydroxyl groups excluding tert-OH is 1. The molecule has 1 aromatic carbocycles. The maximum Gasteiger partial charge on any atom is 0.254 e. The number of carbonyl (C=O) groups is 1. The number of piperidine rings is 1. The number of hydrogen-bond acceptors (Lipinski definition) is 4. The zero-order chi connectivity index (χ0) is 13.1. The number of aryl methyl sites for hydroxylation is 1. The fourth-order valence-corrected chi connectivity index (χ4v) is 2.23. The molecular formula is C13H19N3O2. The molecule has 98 valence electrons. The molecule has 1 saturated heterocycles. The van der Waals surface area contributed by atoms with E-state index in [9.17, 15) is 9.90 Å². The highest BCUT2D eigenvalue weighted by molar-refractivity contribution is 5.96. The molecule has 1 aliphatic rings. The van der Waals surface area contributed by atoms with Crippen LogP contribution in [0.2, 0.25) is 0 Å². The number of nitrogens with two attached hydrogens (primary N) is 1. The largest absolute Gasteiger partial charge is 0.393 e. The number of carbonyl (C=O) groups excluding carboxylic acids is 1. The van der Waals surface area contributed by atoms with Crippen molar-refractivity contribution in [1.29, 1.82) is 0 Å². The smallest absolute Gasteiger partial charge is 0.254 e. The highest BCUT2D eigenvalue weighted by atomic mass is 16.3. The van der Waals surface area contributed by atoms with E-state index in [1.807, 2.05) is 13.0 Å². The van der Waals surface area contributed by atoms with Gasteiger partial charge in [-0.1, -0.05) is 0 Å². The quantitative estimate of drug-likeness (QED) is 0.537. The summed E-state index contributed by atoms with van der Waals surface area (Å²) in [6, 6.07) is 5.43. The van der Waals surface area contributed by atoms with Crippen LogP contribution in [0.1, 0.15) is 28.8 Å². The monoisotopic (exact) mass is 249 g/mol. The molecule has 0 atom stereocenters. The van der Waals surface area contributed by atoms with E-state index in [2.05, 4.69) is 5.43 Å². The first-order chi connectivity index (χ1) is 8.61. The lowest BCUT2D eigenvalue weighted by atomic mass is 10.0. The molecule has 1 aromatic rings. The van der Waals surface area contributed by atoms with Gasteiger partial charge in [0.25, 0.3) is 5.91 Å². The predicted molar refractivity (Wildman–Crippen MR) is 70.1 cm³/mol. The van der Waals surface area contributed by atoms with Crippen molar-refractivity contribution < 1.29 is 9.90 Å². The van der Waals surface area contributed by atoms with Gasteiger partial charge in [-0.15, -0.1) is 0 Å². The fourth-order valence-electron chi connectivity index (χ4n) is 2.23. The second-order valence-corrected chi connectivity index (χ2v) is 4.70. The van der Waals surface area contributed by atoms with Crippen molar-refractivity contribution >= 4 is 11.6 Å². The van der Waals surface area contributed by atoms with Crippen molar-refractivity contribution in [1.82, 2.24) is 4.90 Å². The van der Waals surface area contributed by atoms with Crippen LogP contribution < -0.4 is 11.3 Å². The molecule has 1 aliphatic heterocycles. The number of benzene rings is 1. The van der Waals surface area contributed by atoms with Gasteiger partial charge in [-0.3, -0.25) is 10.6 Å². The van der Waals surface area contributed by atoms with Gasteiger partial charge in [0.1, 0.15) is 0 Å². The maximum atomic E-state index is 12.3. The Labute approximate surface area is 107 Å². The maximum absolute atomic E-state index is 12.3. The lowest BCUT2D eigenvalue weighted by Gasteiger charge is -2.30. The molecule has 0 bridgehead atoms. The molecule has 0 unspecified atom stereocenters. The standard InChI is InChI=1S/C13H19N3O2/c1-9-8-10(15-14)2-3-12(9)13(18)16-6-4-11(17)5-7-16/h2-3,8,11,15,17H,4-7,14H2,1H3. The summed E-state index contributed by atoms with van der Waals surface area (Å²) in [5.41, 5.74) is 4.95. The van der Waals surface area contributed by atoms with Crippen LogP contribution >= 0.6 is 0 Å². The molecular weight excluding hydrogens is 230 g/mol. The zero-order valence-electron chi connectivity index (χ0n) is 10.5. The van der Waals surface area contributed by atoms with Crippen LogP contribution in [0.5, 0.6) is 0 Å². The molecule has 2 rings (SSSR count). The first-order valence-electron chi connectivity index (χ1n) is 6.16. The van der Waals surface area contributed by atoms with E-state index in [-0.39, 0.29) is 12.0 Å². The fraction of sp³-hybridized carbons (Fsp3) is 0.462. The second-order valence-electron chi connectivity index (χ2n) is 4.70. The molecule has 1 amide bonds. The van der Waals surface area contributed by atoms with Gasteiger partial charge in [-0.05, 0) is 43.5 Å². The van der Waals surface area contributed by atoms with E-state index < -0.39 is 0 Å². The molecule has 0 saturated carbocycles. The van der Waals surface area contributed by atoms with E-state index in [0.717, 1.165) is 11.3 Å². The summed E-state index contributed by atoms with van der Waals surface area (Å²) < 4.78 is 0. The summed E-state index contributed by atoms with van der Waals surface area (Å²) >= 11 is 0. The highest BCUT2D eigenvalue weighted by Crippen LogP contribution is 2.19. The van der Waals surface area contributed by atoms with Crippen LogP contribution in [0.3, 0.4) is 0 Å². The summed E-state index contributed by atoms with van der Waals surface area (Å²) in [7, 11) is 0. The average Bonchev–Trinajstić information content (AvgIpc) is 2.38. The molecule has 0 spiro atoms. The molecule has 0 aromatic heterocycles. The van der Waals surface area contributed by atoms with Crippen molar-refractivity contribution in [3.05, 3.63) is 29.3 Å². The Morgan fingerprint density at radius 3 is 2.67 bits per heavy atom. The number of aliphatic hydroxyl groups is 1. The Balaban J connectivity index is 2.13. The van der Waals surface area contributed by atoms with Crippen molar-refractivity contribution in [2.75, 3.05) is 18.5 Å². The number of nitrogen functional groups attached to an aromatic ring is 1. The Bertz CT molecular complexity index is 440. The third-order valence-corrected chi connectivity index (χ3v) is 3.38. The first-order valence-corrected chi connectivity index (χ1v) is 6.16. The van der Waals surface area contributed by atoms with Crippen molar-refractivity contribution in [2.24, 2.45) is 5.84 Å². The minimum absolute atomic E-state index is 0.0305. The average molecular weight is 249 g/mol. The Morgan fingerprint density at radius 1 is 1.44 bits per heavy atom. The molecule has 0 aliphatic carbocycles. The number of hydrogen-bond donors (Lipinski definition) is 3. The van der Waals surface area contributed by atoms with Gasteiger partial charge in [0.2, 0.25) is 0 Å². The van der Waals surface area contributed by atoms with E-state index in [0.29, 0.717) is 31.5 Å². The van der Waals surface area contributed by atoms with Crippen molar-refractivity contribution in [2.45, 2.75) is 25.9 Å². The van der Waals surface area contributed by atoms with E-state index in [4.69, 9.17) is 5.84 Å². The normalized spacial score (nSPS) is 16.7. The van der Waals surface area contributed by atoms with E-state index >= 15 is 0 Å². The van der Waals surface area contributed by atoms with Crippen LogP contribution in [0, 0.1) is 6.92 Å². The molecule has 1 heterocycles. The van der Waals surface area contributed by atoms with Gasteiger partial charge in [0.05, 0.1) is 6.10 Å². The Kier molecular flexibility index (Phi) is 3.84. The van der Waals surface area contributed by atoms with Crippen LogP contribution in [0.4, 0.5) is 5.69 Å². The van der Waals surface area contributed by atoms with Crippen molar-refractivity contribution in [3.63, 3.8) is 0 Å². The molecule has 1 fully saturated rings. The van der Waals surface area contributed by atoms with Gasteiger partial charge < -0.3 is 15.4 Å². The lowest BCUT2D eigenvalue weighted by molar-refractivity contribution is 0.0546. The van der Waals surface area contributed by atoms with Gasteiger partial charge in [-0.2, -0.15) is 0 Å². The zero-order valence-corrected chi connectivity index (χ0v) is 10.5. The topological polar surface area (TPSA) is 78.6 Å². The summed E-state index contributed by atoms with van der Waals surface area (Å²) in [6.45, 7) is 3.14. The lowest BCUT2D eigenvalue weighted by Crippen LogP contribution is -2.40. The number of hydrazine groups is 1. The van der Waals surface area contributed by atoms with Crippen molar-refractivity contribution in [3.8, 4) is 0 Å². The summed E-state index contributed by atoms with van der Waals surface area (Å²) in [4.78, 5) is 14.1. The van der Waals surface area contributed by atoms with Crippen LogP contribution in [0.25, 0.3) is 0 Å². The number of nitrogens with one attached hydrogen (secondary N) is 1. The third kappa shape index (κ3) is 2.63. The summed E-state index contributed by atoms with van der Waals surface area (Å²) in [6.07, 6.45) is 1.06. The van der Waals surface area contributed by atoms with Crippen LogP contribution in [-0.4, -0.2) is 35.1 Å². The molecule has 0 radical (unpaired) electrons. The second kappa shape index (κ2) is 5.37. The Morgan fingerprint density at radius 2 is 2.11 bits per heavy atom. The molecule has 4 N–H and O–H groups in total. The van der Waals surface area contributed by atoms with Gasteiger partial charge in [-0.25, -0.2) is 0 Å². The third-order valence-electron chi connectivity index (χ3n) is 3.38. The highest BCUT2D eigenvalue weighted by Gasteiger charge is 2.23. The first kappa shape index (κ1) is 12.9. The Hall–Kier alpha value is -1.59. The number of nitrogens with zero attached hydrogens (tertiary/aromatic N) is 1. The van der Waals surface area contributed by atoms with Gasteiger partial charge in [0.15, 0.2) is 0 Å². The summed E-state index contributed by atoms with van der Waals surface area (Å²) in [5.74, 6) is 5.36. The predicted octanol–water partition coefficient (Wildman–Crippen LogP) is 0.878. The van der Waals surface area contributed by atoms with Crippen LogP contribution in [0.15, 0.2) is 18.2 Å². The minimum atomic E-state index is -0.265. The molecule has 5 nitrogen and oxygen atoms in total. The van der Waals surface area contributed by atoms with E-state index in [1.54, 1.807) is 17.0 Å². The SMILES string of the molecule is Cc1cc(NN)ccc1C(=O)N1CCC(O)CC1. The number of likely N-dealkylation sites (tertiary alicyclic amines) is 1. The van der Waals surface area contributed by atoms with E-state index in [1.165, 1.54) is 0 Å². The number of rotatable bonds is 2. The van der Waals surface area contributed by atoms with Crippen LogP contribution in [-0.2, 0) is 0 Å². The number of amides is 1. The molecule has 18 heavy (non-hydrogen) atoms. The number of anilines is 1. The molecule has 5 heteroatoms. The van der Waals surface area contributed by atoms with Gasteiger partial charge in [0, 0.05) is 24.3 Å². The summed E-state index contributed by atoms with van der Waals surface area (Å²) in [5, 5.41) is 9.44. The minimum Gasteiger partial charge on any atom is -0.393 e. The van der Waals surface area contributed by atoms with Gasteiger partial charge >= 0.3 is 0 Å².